The monoisotopic (exact) mass is 348 g/mol. The summed E-state index contributed by atoms with van der Waals surface area (Å²) in [5, 5.41) is 3.07. The summed E-state index contributed by atoms with van der Waals surface area (Å²) in [6.45, 7) is 0. The fraction of sp³-hybridized carbons (Fsp3) is 0.150. The lowest BCUT2D eigenvalue weighted by Crippen LogP contribution is -2.21. The fourth-order valence-electron chi connectivity index (χ4n) is 3.41. The maximum Gasteiger partial charge on any atom is 0.340 e. The number of methoxy groups -OCH3 is 1. The average molecular weight is 348 g/mol. The Morgan fingerprint density at radius 3 is 2.54 bits per heavy atom. The van der Waals surface area contributed by atoms with Crippen LogP contribution in [0.25, 0.3) is 22.0 Å². The molecule has 1 aromatic heterocycles. The number of ether oxygens (including phenoxy) is 1. The van der Waals surface area contributed by atoms with Crippen LogP contribution in [0.3, 0.4) is 0 Å². The molecule has 3 aromatic rings. The van der Waals surface area contributed by atoms with E-state index < -0.39 is 11.9 Å². The molecule has 6 heteroatoms. The van der Waals surface area contributed by atoms with E-state index in [0.717, 1.165) is 16.5 Å². The molecule has 0 aliphatic carbocycles. The van der Waals surface area contributed by atoms with Crippen LogP contribution in [-0.2, 0) is 14.3 Å². The minimum atomic E-state index is -0.562. The zero-order valence-electron chi connectivity index (χ0n) is 14.0. The third-order valence-corrected chi connectivity index (χ3v) is 4.68. The first-order valence-electron chi connectivity index (χ1n) is 8.21. The zero-order chi connectivity index (χ0) is 18.3. The summed E-state index contributed by atoms with van der Waals surface area (Å²) in [6.07, 6.45) is 1.80. The SMILES string of the molecule is COC(=O)c1cc(-c2ccccc2)cc2c(C3CC(=O)NC3=O)c[nH]c12. The molecule has 2 amide bonds. The number of fused-ring (bicyclic) bond motifs is 1. The van der Waals surface area contributed by atoms with Gasteiger partial charge in [-0.3, -0.25) is 14.9 Å². The summed E-state index contributed by atoms with van der Waals surface area (Å²) >= 11 is 0. The number of carbonyl (C=O) groups is 3. The summed E-state index contributed by atoms with van der Waals surface area (Å²) in [6, 6.07) is 13.3. The number of imide groups is 1. The quantitative estimate of drug-likeness (QED) is 0.563. The second kappa shape index (κ2) is 6.15. The lowest BCUT2D eigenvalue weighted by Gasteiger charge is -2.09. The molecule has 0 bridgehead atoms. The van der Waals surface area contributed by atoms with Crippen LogP contribution in [0.2, 0.25) is 0 Å². The van der Waals surface area contributed by atoms with E-state index in [0.29, 0.717) is 16.6 Å². The van der Waals surface area contributed by atoms with Gasteiger partial charge in [0.05, 0.1) is 24.1 Å². The van der Waals surface area contributed by atoms with Gasteiger partial charge in [-0.25, -0.2) is 4.79 Å². The van der Waals surface area contributed by atoms with Gasteiger partial charge in [0.2, 0.25) is 11.8 Å². The second-order valence-corrected chi connectivity index (χ2v) is 6.22. The van der Waals surface area contributed by atoms with Crippen molar-refractivity contribution in [2.75, 3.05) is 7.11 Å². The molecule has 2 aromatic carbocycles. The van der Waals surface area contributed by atoms with E-state index in [1.807, 2.05) is 36.4 Å². The molecule has 6 nitrogen and oxygen atoms in total. The standard InChI is InChI=1S/C20H16N2O4/c1-26-20(25)15-8-12(11-5-3-2-4-6-11)7-13-16(10-21-18(13)15)14-9-17(23)22-19(14)24/h2-8,10,14,21H,9H2,1H3,(H,22,23,24). The first kappa shape index (κ1) is 16.1. The molecule has 1 unspecified atom stereocenters. The Hall–Kier alpha value is -3.41. The Balaban J connectivity index is 1.95. The highest BCUT2D eigenvalue weighted by Gasteiger charge is 2.34. The minimum absolute atomic E-state index is 0.106. The van der Waals surface area contributed by atoms with Crippen molar-refractivity contribution < 1.29 is 19.1 Å². The van der Waals surface area contributed by atoms with E-state index in [1.54, 1.807) is 12.3 Å². The van der Waals surface area contributed by atoms with Gasteiger partial charge in [-0.1, -0.05) is 30.3 Å². The van der Waals surface area contributed by atoms with Crippen molar-refractivity contribution >= 4 is 28.7 Å². The molecule has 1 aliphatic heterocycles. The Morgan fingerprint density at radius 2 is 1.88 bits per heavy atom. The third kappa shape index (κ3) is 2.56. The van der Waals surface area contributed by atoms with Crippen LogP contribution >= 0.6 is 0 Å². The van der Waals surface area contributed by atoms with Crippen molar-refractivity contribution in [3.63, 3.8) is 0 Å². The molecule has 4 rings (SSSR count). The van der Waals surface area contributed by atoms with Gasteiger partial charge >= 0.3 is 5.97 Å². The van der Waals surface area contributed by atoms with Crippen LogP contribution in [0.15, 0.2) is 48.7 Å². The number of carbonyl (C=O) groups excluding carboxylic acids is 3. The number of amides is 2. The first-order valence-corrected chi connectivity index (χ1v) is 8.21. The van der Waals surface area contributed by atoms with Crippen molar-refractivity contribution in [2.24, 2.45) is 0 Å². The Morgan fingerprint density at radius 1 is 1.12 bits per heavy atom. The molecule has 2 N–H and O–H groups in total. The molecule has 26 heavy (non-hydrogen) atoms. The smallest absolute Gasteiger partial charge is 0.340 e. The van der Waals surface area contributed by atoms with Gasteiger partial charge in [-0.15, -0.1) is 0 Å². The Kier molecular flexibility index (Phi) is 3.80. The zero-order valence-corrected chi connectivity index (χ0v) is 14.0. The predicted octanol–water partition coefficient (Wildman–Crippen LogP) is 2.75. The highest BCUT2D eigenvalue weighted by atomic mass is 16.5. The number of hydrogen-bond acceptors (Lipinski definition) is 4. The van der Waals surface area contributed by atoms with Gasteiger partial charge in [0.1, 0.15) is 0 Å². The van der Waals surface area contributed by atoms with Gasteiger partial charge in [0.15, 0.2) is 0 Å². The van der Waals surface area contributed by atoms with Gasteiger partial charge in [0, 0.05) is 18.0 Å². The summed E-state index contributed by atoms with van der Waals surface area (Å²) in [5.74, 6) is -1.64. The molecule has 2 heterocycles. The highest BCUT2D eigenvalue weighted by molar-refractivity contribution is 6.10. The van der Waals surface area contributed by atoms with Crippen LogP contribution in [0.4, 0.5) is 0 Å². The topological polar surface area (TPSA) is 88.3 Å². The number of aromatic nitrogens is 1. The summed E-state index contributed by atoms with van der Waals surface area (Å²) in [7, 11) is 1.33. The van der Waals surface area contributed by atoms with Crippen LogP contribution in [0, 0.1) is 0 Å². The lowest BCUT2D eigenvalue weighted by atomic mass is 9.93. The van der Waals surface area contributed by atoms with Crippen LogP contribution in [0.1, 0.15) is 28.3 Å². The normalized spacial score (nSPS) is 16.7. The second-order valence-electron chi connectivity index (χ2n) is 6.22. The van der Waals surface area contributed by atoms with E-state index in [4.69, 9.17) is 4.74 Å². The number of rotatable bonds is 3. The Bertz CT molecular complexity index is 1040. The fourth-order valence-corrected chi connectivity index (χ4v) is 3.41. The number of esters is 1. The first-order chi connectivity index (χ1) is 12.6. The third-order valence-electron chi connectivity index (χ3n) is 4.68. The van der Waals surface area contributed by atoms with Crippen LogP contribution < -0.4 is 5.32 Å². The van der Waals surface area contributed by atoms with Gasteiger partial charge in [0.25, 0.3) is 0 Å². The lowest BCUT2D eigenvalue weighted by molar-refractivity contribution is -0.125. The largest absolute Gasteiger partial charge is 0.465 e. The molecular formula is C20H16N2O4. The highest BCUT2D eigenvalue weighted by Crippen LogP contribution is 2.35. The van der Waals surface area contributed by atoms with Crippen LogP contribution in [0.5, 0.6) is 0 Å². The molecule has 1 saturated heterocycles. The van der Waals surface area contributed by atoms with Crippen molar-refractivity contribution in [3.8, 4) is 11.1 Å². The van der Waals surface area contributed by atoms with E-state index in [1.165, 1.54) is 7.11 Å². The molecule has 130 valence electrons. The Labute approximate surface area is 149 Å². The van der Waals surface area contributed by atoms with Gasteiger partial charge in [-0.05, 0) is 28.8 Å². The summed E-state index contributed by atoms with van der Waals surface area (Å²) < 4.78 is 4.92. The summed E-state index contributed by atoms with van der Waals surface area (Å²) in [5.41, 5.74) is 3.47. The number of hydrogen-bond donors (Lipinski definition) is 2. The average Bonchev–Trinajstić information content (AvgIpc) is 3.23. The maximum atomic E-state index is 12.3. The molecule has 0 radical (unpaired) electrons. The molecule has 1 aliphatic rings. The van der Waals surface area contributed by atoms with Gasteiger partial charge < -0.3 is 9.72 Å². The van der Waals surface area contributed by atoms with Crippen molar-refractivity contribution in [2.45, 2.75) is 12.3 Å². The number of benzene rings is 2. The van der Waals surface area contributed by atoms with Crippen LogP contribution in [-0.4, -0.2) is 29.9 Å². The number of H-pyrrole nitrogens is 1. The van der Waals surface area contributed by atoms with E-state index in [2.05, 4.69) is 10.3 Å². The molecular weight excluding hydrogens is 332 g/mol. The van der Waals surface area contributed by atoms with Crippen molar-refractivity contribution in [3.05, 3.63) is 59.8 Å². The molecule has 1 atom stereocenters. The number of aromatic amines is 1. The van der Waals surface area contributed by atoms with E-state index in [9.17, 15) is 14.4 Å². The van der Waals surface area contributed by atoms with E-state index >= 15 is 0 Å². The van der Waals surface area contributed by atoms with Crippen molar-refractivity contribution in [1.29, 1.82) is 0 Å². The molecule has 1 fully saturated rings. The van der Waals surface area contributed by atoms with Gasteiger partial charge in [-0.2, -0.15) is 0 Å². The number of nitrogens with one attached hydrogen (secondary N) is 2. The molecule has 0 spiro atoms. The maximum absolute atomic E-state index is 12.3. The van der Waals surface area contributed by atoms with Crippen molar-refractivity contribution in [1.82, 2.24) is 10.3 Å². The van der Waals surface area contributed by atoms with E-state index in [-0.39, 0.29) is 18.2 Å². The minimum Gasteiger partial charge on any atom is -0.465 e. The predicted molar refractivity (Wildman–Crippen MR) is 95.6 cm³/mol. The molecule has 0 saturated carbocycles. The summed E-state index contributed by atoms with van der Waals surface area (Å²) in [4.78, 5) is 39.1.